The molecule has 1 saturated heterocycles. The van der Waals surface area contributed by atoms with Crippen molar-refractivity contribution in [2.45, 2.75) is 19.9 Å². The van der Waals surface area contributed by atoms with Crippen LogP contribution in [-0.4, -0.2) is 34.0 Å². The molecule has 0 radical (unpaired) electrons. The standard InChI is InChI=1S/C27H21ClN2O5S/c1-13-10-14(2)22-20(11-13)36-27(29-22)30-23(16-6-9-18(31)19(12-16)35-3)21(25(33)26(30)34)24(32)15-4-7-17(28)8-5-15/h4-12,23,31-32H,1-3H3/b24-21+. The zero-order valence-electron chi connectivity index (χ0n) is 19.6. The van der Waals surface area contributed by atoms with E-state index in [1.165, 1.54) is 35.5 Å². The zero-order valence-corrected chi connectivity index (χ0v) is 21.1. The first-order valence-electron chi connectivity index (χ1n) is 11.0. The molecule has 1 aliphatic heterocycles. The molecule has 4 aromatic rings. The van der Waals surface area contributed by atoms with Crippen molar-refractivity contribution in [2.24, 2.45) is 0 Å². The summed E-state index contributed by atoms with van der Waals surface area (Å²) in [4.78, 5) is 32.8. The Kier molecular flexibility index (Phi) is 5.94. The van der Waals surface area contributed by atoms with Gasteiger partial charge in [-0.05, 0) is 73.0 Å². The lowest BCUT2D eigenvalue weighted by atomic mass is 9.95. The monoisotopic (exact) mass is 520 g/mol. The summed E-state index contributed by atoms with van der Waals surface area (Å²) in [5.74, 6) is -1.91. The number of ether oxygens (including phenoxy) is 1. The molecule has 7 nitrogen and oxygen atoms in total. The largest absolute Gasteiger partial charge is 0.507 e. The maximum atomic E-state index is 13.4. The van der Waals surface area contributed by atoms with Crippen molar-refractivity contribution in [3.8, 4) is 11.5 Å². The average molecular weight is 521 g/mol. The van der Waals surface area contributed by atoms with Crippen LogP contribution in [0.3, 0.4) is 0 Å². The number of benzene rings is 3. The van der Waals surface area contributed by atoms with E-state index < -0.39 is 17.7 Å². The van der Waals surface area contributed by atoms with Crippen LogP contribution in [-0.2, 0) is 9.59 Å². The number of halogens is 1. The number of aliphatic hydroxyl groups is 1. The number of rotatable bonds is 4. The third kappa shape index (κ3) is 3.88. The molecule has 0 spiro atoms. The Hall–Kier alpha value is -3.88. The van der Waals surface area contributed by atoms with E-state index in [1.807, 2.05) is 26.0 Å². The first kappa shape index (κ1) is 23.8. The Balaban J connectivity index is 1.76. The van der Waals surface area contributed by atoms with E-state index in [2.05, 4.69) is 0 Å². The van der Waals surface area contributed by atoms with Crippen LogP contribution >= 0.6 is 22.9 Å². The number of thiazole rings is 1. The minimum absolute atomic E-state index is 0.0952. The van der Waals surface area contributed by atoms with E-state index >= 15 is 0 Å². The van der Waals surface area contributed by atoms with Gasteiger partial charge < -0.3 is 14.9 Å². The molecule has 1 aliphatic rings. The molecular formula is C27H21ClN2O5S. The summed E-state index contributed by atoms with van der Waals surface area (Å²) in [7, 11) is 1.40. The second-order valence-corrected chi connectivity index (χ2v) is 9.98. The van der Waals surface area contributed by atoms with Gasteiger partial charge in [-0.3, -0.25) is 14.5 Å². The van der Waals surface area contributed by atoms with Crippen molar-refractivity contribution in [1.29, 1.82) is 0 Å². The number of carbonyl (C=O) groups excluding carboxylic acids is 2. The van der Waals surface area contributed by atoms with Crippen molar-refractivity contribution in [2.75, 3.05) is 12.0 Å². The number of nitrogens with zero attached hydrogens (tertiary/aromatic N) is 2. The summed E-state index contributed by atoms with van der Waals surface area (Å²) in [6, 6.07) is 13.8. The summed E-state index contributed by atoms with van der Waals surface area (Å²) < 4.78 is 6.14. The molecule has 1 aromatic heterocycles. The number of carbonyl (C=O) groups is 2. The van der Waals surface area contributed by atoms with Crippen molar-refractivity contribution in [3.05, 3.63) is 87.4 Å². The minimum Gasteiger partial charge on any atom is -0.507 e. The molecule has 1 unspecified atom stereocenters. The Morgan fingerprint density at radius 1 is 1.08 bits per heavy atom. The average Bonchev–Trinajstić information content (AvgIpc) is 3.38. The smallest absolute Gasteiger partial charge is 0.301 e. The van der Waals surface area contributed by atoms with Crippen LogP contribution in [0.25, 0.3) is 16.0 Å². The molecule has 1 atom stereocenters. The first-order valence-corrected chi connectivity index (χ1v) is 12.2. The van der Waals surface area contributed by atoms with Gasteiger partial charge in [-0.15, -0.1) is 0 Å². The molecule has 0 bridgehead atoms. The fourth-order valence-electron chi connectivity index (χ4n) is 4.43. The number of fused-ring (bicyclic) bond motifs is 1. The fourth-order valence-corrected chi connectivity index (χ4v) is 5.73. The second-order valence-electron chi connectivity index (χ2n) is 8.53. The summed E-state index contributed by atoms with van der Waals surface area (Å²) in [6.45, 7) is 3.92. The van der Waals surface area contributed by atoms with Gasteiger partial charge in [-0.2, -0.15) is 0 Å². The van der Waals surface area contributed by atoms with E-state index in [9.17, 15) is 19.8 Å². The number of hydrogen-bond acceptors (Lipinski definition) is 7. The molecule has 0 saturated carbocycles. The lowest BCUT2D eigenvalue weighted by Crippen LogP contribution is -2.29. The fraction of sp³-hybridized carbons (Fsp3) is 0.148. The van der Waals surface area contributed by atoms with Gasteiger partial charge in [0.2, 0.25) is 0 Å². The highest BCUT2D eigenvalue weighted by Gasteiger charge is 2.48. The third-order valence-electron chi connectivity index (χ3n) is 6.11. The predicted molar refractivity (Wildman–Crippen MR) is 140 cm³/mol. The summed E-state index contributed by atoms with van der Waals surface area (Å²) in [5, 5.41) is 22.2. The number of phenolic OH excluding ortho intramolecular Hbond substituents is 1. The van der Waals surface area contributed by atoms with E-state index in [0.717, 1.165) is 21.3 Å². The maximum Gasteiger partial charge on any atom is 0.301 e. The highest BCUT2D eigenvalue weighted by molar-refractivity contribution is 7.22. The van der Waals surface area contributed by atoms with E-state index in [-0.39, 0.29) is 22.8 Å². The van der Waals surface area contributed by atoms with Gasteiger partial charge in [0.15, 0.2) is 16.6 Å². The number of hydrogen-bond donors (Lipinski definition) is 2. The van der Waals surface area contributed by atoms with Crippen LogP contribution in [0.1, 0.15) is 28.3 Å². The van der Waals surface area contributed by atoms with Crippen LogP contribution in [0.4, 0.5) is 5.13 Å². The number of Topliss-reactive ketones (excluding diaryl/α,β-unsaturated/α-hetero) is 1. The zero-order chi connectivity index (χ0) is 25.7. The van der Waals surface area contributed by atoms with Gasteiger partial charge in [0, 0.05) is 10.6 Å². The summed E-state index contributed by atoms with van der Waals surface area (Å²) >= 11 is 7.29. The van der Waals surface area contributed by atoms with E-state index in [4.69, 9.17) is 21.3 Å². The molecule has 3 aromatic carbocycles. The van der Waals surface area contributed by atoms with Crippen LogP contribution in [0.5, 0.6) is 11.5 Å². The predicted octanol–water partition coefficient (Wildman–Crippen LogP) is 5.91. The molecule has 9 heteroatoms. The lowest BCUT2D eigenvalue weighted by Gasteiger charge is -2.23. The number of phenols is 1. The normalized spacial score (nSPS) is 17.2. The molecular weight excluding hydrogens is 500 g/mol. The number of aliphatic hydroxyl groups excluding tert-OH is 1. The molecule has 182 valence electrons. The van der Waals surface area contributed by atoms with Crippen molar-refractivity contribution < 1.29 is 24.5 Å². The van der Waals surface area contributed by atoms with Gasteiger partial charge in [0.1, 0.15) is 5.76 Å². The first-order chi connectivity index (χ1) is 17.2. The van der Waals surface area contributed by atoms with Crippen LogP contribution in [0.2, 0.25) is 5.02 Å². The molecule has 36 heavy (non-hydrogen) atoms. The van der Waals surface area contributed by atoms with Crippen molar-refractivity contribution in [1.82, 2.24) is 4.98 Å². The van der Waals surface area contributed by atoms with Crippen LogP contribution in [0, 0.1) is 13.8 Å². The molecule has 2 N–H and O–H groups in total. The molecule has 1 amide bonds. The third-order valence-corrected chi connectivity index (χ3v) is 7.36. The van der Waals surface area contributed by atoms with Gasteiger partial charge in [0.25, 0.3) is 5.78 Å². The highest BCUT2D eigenvalue weighted by Crippen LogP contribution is 2.46. The summed E-state index contributed by atoms with van der Waals surface area (Å²) in [6.07, 6.45) is 0. The van der Waals surface area contributed by atoms with Gasteiger partial charge in [0.05, 0.1) is 28.9 Å². The Morgan fingerprint density at radius 2 is 1.81 bits per heavy atom. The van der Waals surface area contributed by atoms with Gasteiger partial charge >= 0.3 is 5.91 Å². The van der Waals surface area contributed by atoms with Crippen LogP contribution in [0.15, 0.2) is 60.2 Å². The number of anilines is 1. The second kappa shape index (κ2) is 8.96. The SMILES string of the molecule is COc1cc(C2/C(=C(\O)c3ccc(Cl)cc3)C(=O)C(=O)N2c2nc3c(C)cc(C)cc3s2)ccc1O. The number of aryl methyl sites for hydroxylation is 2. The van der Waals surface area contributed by atoms with Crippen molar-refractivity contribution in [3.63, 3.8) is 0 Å². The Bertz CT molecular complexity index is 1580. The van der Waals surface area contributed by atoms with Crippen LogP contribution < -0.4 is 9.64 Å². The highest BCUT2D eigenvalue weighted by atomic mass is 35.5. The maximum absolute atomic E-state index is 13.4. The number of amides is 1. The Labute approximate surface area is 215 Å². The topological polar surface area (TPSA) is 100.0 Å². The number of ketones is 1. The number of aromatic hydroxyl groups is 1. The quantitative estimate of drug-likeness (QED) is 0.197. The lowest BCUT2D eigenvalue weighted by molar-refractivity contribution is -0.132. The minimum atomic E-state index is -1.00. The molecule has 1 fully saturated rings. The van der Waals surface area contributed by atoms with Gasteiger partial charge in [-0.1, -0.05) is 35.1 Å². The number of methoxy groups -OCH3 is 1. The molecule has 0 aliphatic carbocycles. The van der Waals surface area contributed by atoms with Gasteiger partial charge in [-0.25, -0.2) is 4.98 Å². The Morgan fingerprint density at radius 3 is 2.50 bits per heavy atom. The molecule has 5 rings (SSSR count). The number of aromatic nitrogens is 1. The van der Waals surface area contributed by atoms with Crippen molar-refractivity contribution >= 4 is 55.7 Å². The van der Waals surface area contributed by atoms with E-state index in [1.54, 1.807) is 30.3 Å². The summed E-state index contributed by atoms with van der Waals surface area (Å²) in [5.41, 5.74) is 3.45. The van der Waals surface area contributed by atoms with E-state index in [0.29, 0.717) is 21.3 Å². The molecule has 2 heterocycles.